The van der Waals surface area contributed by atoms with E-state index in [1.54, 1.807) is 11.8 Å². The fraction of sp³-hybridized carbons (Fsp3) is 0.833. The first kappa shape index (κ1) is 12.0. The number of hydrogen-bond donors (Lipinski definition) is 1. The van der Waals surface area contributed by atoms with E-state index in [2.05, 4.69) is 38.0 Å². The quantitative estimate of drug-likeness (QED) is 0.805. The Hall–Kier alpha value is -0.510. The molecule has 1 N–H and O–H groups in total. The molecule has 1 aliphatic carbocycles. The van der Waals surface area contributed by atoms with Gasteiger partial charge in [0.15, 0.2) is 5.17 Å². The number of carbonyl (C=O) groups is 1. The van der Waals surface area contributed by atoms with Gasteiger partial charge in [-0.25, -0.2) is 0 Å². The van der Waals surface area contributed by atoms with Gasteiger partial charge in [-0.1, -0.05) is 46.4 Å². The van der Waals surface area contributed by atoms with Gasteiger partial charge in [-0.05, 0) is 17.3 Å². The molecule has 2 rings (SSSR count). The number of amidine groups is 1. The number of aliphatic imine (C=N–C) groups is 1. The van der Waals surface area contributed by atoms with E-state index in [0.717, 1.165) is 11.6 Å². The number of nitrogens with one attached hydrogen (secondary N) is 1. The second-order valence-corrected chi connectivity index (χ2v) is 6.98. The molecule has 1 saturated carbocycles. The van der Waals surface area contributed by atoms with Crippen molar-refractivity contribution < 1.29 is 4.79 Å². The van der Waals surface area contributed by atoms with E-state index in [0.29, 0.717) is 6.04 Å². The van der Waals surface area contributed by atoms with Gasteiger partial charge in [0, 0.05) is 0 Å². The average molecular weight is 240 g/mol. The minimum atomic E-state index is 0.0590. The number of rotatable bonds is 2. The zero-order valence-electron chi connectivity index (χ0n) is 10.6. The third kappa shape index (κ3) is 1.58. The molecule has 0 aromatic rings. The summed E-state index contributed by atoms with van der Waals surface area (Å²) < 4.78 is 0. The summed E-state index contributed by atoms with van der Waals surface area (Å²) in [5.41, 5.74) is 0.491. The van der Waals surface area contributed by atoms with Gasteiger partial charge in [0.25, 0.3) is 0 Å². The second-order valence-electron chi connectivity index (χ2n) is 5.78. The van der Waals surface area contributed by atoms with Gasteiger partial charge in [-0.15, -0.1) is 0 Å². The van der Waals surface area contributed by atoms with Crippen molar-refractivity contribution in [3.8, 4) is 0 Å². The lowest BCUT2D eigenvalue weighted by molar-refractivity contribution is -0.118. The van der Waals surface area contributed by atoms with Crippen LogP contribution < -0.4 is 5.32 Å². The van der Waals surface area contributed by atoms with Crippen LogP contribution in [0.5, 0.6) is 0 Å². The van der Waals surface area contributed by atoms with Crippen molar-refractivity contribution in [2.75, 3.05) is 0 Å². The molecule has 4 heteroatoms. The van der Waals surface area contributed by atoms with Crippen LogP contribution in [-0.2, 0) is 4.79 Å². The highest BCUT2D eigenvalue weighted by Gasteiger charge is 2.65. The molecule has 1 aliphatic heterocycles. The molecule has 2 fully saturated rings. The standard InChI is InChI=1S/C12H20N2OS/c1-6-7-8(15)13-10(16-7)14-9-11(2,3)12(9,4)5/h7,9H,6H2,1-5H3,(H,13,14,15). The van der Waals surface area contributed by atoms with Gasteiger partial charge in [-0.2, -0.15) is 0 Å². The fourth-order valence-electron chi connectivity index (χ4n) is 2.34. The SMILES string of the molecule is CCC1SC(=NC2C(C)(C)C2(C)C)NC1=O. The maximum Gasteiger partial charge on any atom is 0.239 e. The first-order chi connectivity index (χ1) is 7.30. The molecule has 1 heterocycles. The molecular formula is C12H20N2OS. The van der Waals surface area contributed by atoms with Gasteiger partial charge < -0.3 is 5.32 Å². The Morgan fingerprint density at radius 3 is 2.25 bits per heavy atom. The Morgan fingerprint density at radius 2 is 1.88 bits per heavy atom. The molecule has 0 spiro atoms. The maximum absolute atomic E-state index is 11.5. The van der Waals surface area contributed by atoms with Gasteiger partial charge in [0.05, 0.1) is 11.3 Å². The summed E-state index contributed by atoms with van der Waals surface area (Å²) in [6.07, 6.45) is 0.868. The molecule has 1 saturated heterocycles. The summed E-state index contributed by atoms with van der Waals surface area (Å²) in [5, 5.41) is 3.75. The lowest BCUT2D eigenvalue weighted by atomic mass is 10.0. The number of nitrogens with zero attached hydrogens (tertiary/aromatic N) is 1. The topological polar surface area (TPSA) is 41.5 Å². The van der Waals surface area contributed by atoms with Gasteiger partial charge in [0.2, 0.25) is 5.91 Å². The van der Waals surface area contributed by atoms with Crippen molar-refractivity contribution in [1.29, 1.82) is 0 Å². The summed E-state index contributed by atoms with van der Waals surface area (Å²) in [5.74, 6) is 0.113. The van der Waals surface area contributed by atoms with E-state index in [4.69, 9.17) is 0 Å². The highest BCUT2D eigenvalue weighted by molar-refractivity contribution is 8.15. The molecule has 0 bridgehead atoms. The van der Waals surface area contributed by atoms with E-state index in [1.165, 1.54) is 0 Å². The van der Waals surface area contributed by atoms with Crippen molar-refractivity contribution in [3.05, 3.63) is 0 Å². The number of amides is 1. The van der Waals surface area contributed by atoms with Crippen molar-refractivity contribution in [1.82, 2.24) is 5.32 Å². The van der Waals surface area contributed by atoms with Crippen LogP contribution in [0.15, 0.2) is 4.99 Å². The van der Waals surface area contributed by atoms with Gasteiger partial charge in [0.1, 0.15) is 0 Å². The smallest absolute Gasteiger partial charge is 0.239 e. The predicted molar refractivity (Wildman–Crippen MR) is 68.6 cm³/mol. The van der Waals surface area contributed by atoms with Crippen LogP contribution in [-0.4, -0.2) is 22.4 Å². The Bertz CT molecular complexity index is 346. The average Bonchev–Trinajstić information content (AvgIpc) is 2.50. The van der Waals surface area contributed by atoms with Crippen molar-refractivity contribution >= 4 is 22.8 Å². The van der Waals surface area contributed by atoms with Crippen LogP contribution in [0.1, 0.15) is 41.0 Å². The number of carbonyl (C=O) groups excluding carboxylic acids is 1. The molecule has 1 atom stereocenters. The van der Waals surface area contributed by atoms with Crippen LogP contribution in [0.3, 0.4) is 0 Å². The summed E-state index contributed by atoms with van der Waals surface area (Å²) in [7, 11) is 0. The third-order valence-corrected chi connectivity index (χ3v) is 5.60. The fourth-order valence-corrected chi connectivity index (χ4v) is 3.26. The van der Waals surface area contributed by atoms with Crippen LogP contribution >= 0.6 is 11.8 Å². The van der Waals surface area contributed by atoms with Gasteiger partial charge in [-0.3, -0.25) is 9.79 Å². The van der Waals surface area contributed by atoms with Crippen molar-refractivity contribution in [2.24, 2.45) is 15.8 Å². The number of thioether (sulfide) groups is 1. The monoisotopic (exact) mass is 240 g/mol. The predicted octanol–water partition coefficient (Wildman–Crippen LogP) is 2.42. The first-order valence-electron chi connectivity index (χ1n) is 5.86. The van der Waals surface area contributed by atoms with Gasteiger partial charge >= 0.3 is 0 Å². The molecule has 0 aromatic carbocycles. The maximum atomic E-state index is 11.5. The Balaban J connectivity index is 2.09. The molecule has 1 amide bonds. The Morgan fingerprint density at radius 1 is 1.31 bits per heavy atom. The lowest BCUT2D eigenvalue weighted by Crippen LogP contribution is -2.24. The largest absolute Gasteiger partial charge is 0.304 e. The highest BCUT2D eigenvalue weighted by atomic mass is 32.2. The van der Waals surface area contributed by atoms with Crippen LogP contribution in [0.25, 0.3) is 0 Å². The minimum absolute atomic E-state index is 0.0590. The summed E-state index contributed by atoms with van der Waals surface area (Å²) in [4.78, 5) is 16.2. The van der Waals surface area contributed by atoms with Crippen LogP contribution in [0.2, 0.25) is 0 Å². The summed E-state index contributed by atoms with van der Waals surface area (Å²) >= 11 is 1.58. The third-order valence-electron chi connectivity index (χ3n) is 4.34. The molecule has 0 radical (unpaired) electrons. The van der Waals surface area contributed by atoms with Crippen molar-refractivity contribution in [2.45, 2.75) is 52.3 Å². The van der Waals surface area contributed by atoms with Crippen LogP contribution in [0.4, 0.5) is 0 Å². The highest BCUT2D eigenvalue weighted by Crippen LogP contribution is 2.64. The Kier molecular flexibility index (Phi) is 2.61. The van der Waals surface area contributed by atoms with Crippen molar-refractivity contribution in [3.63, 3.8) is 0 Å². The second kappa shape index (κ2) is 3.49. The minimum Gasteiger partial charge on any atom is -0.304 e. The normalized spacial score (nSPS) is 34.2. The Labute approximate surface area is 101 Å². The first-order valence-corrected chi connectivity index (χ1v) is 6.74. The molecule has 3 nitrogen and oxygen atoms in total. The molecule has 0 aromatic heterocycles. The van der Waals surface area contributed by atoms with E-state index in [-0.39, 0.29) is 22.0 Å². The molecule has 90 valence electrons. The summed E-state index contributed by atoms with van der Waals surface area (Å²) in [6, 6.07) is 0.332. The van der Waals surface area contributed by atoms with E-state index in [1.807, 2.05) is 6.92 Å². The molecular weight excluding hydrogens is 220 g/mol. The molecule has 16 heavy (non-hydrogen) atoms. The van der Waals surface area contributed by atoms with Crippen LogP contribution in [0, 0.1) is 10.8 Å². The van der Waals surface area contributed by atoms with E-state index < -0.39 is 0 Å². The van der Waals surface area contributed by atoms with E-state index >= 15 is 0 Å². The lowest BCUT2D eigenvalue weighted by Gasteiger charge is -2.02. The molecule has 2 aliphatic rings. The summed E-state index contributed by atoms with van der Waals surface area (Å²) in [6.45, 7) is 11.0. The number of hydrogen-bond acceptors (Lipinski definition) is 3. The van der Waals surface area contributed by atoms with E-state index in [9.17, 15) is 4.79 Å². The zero-order chi connectivity index (χ0) is 12.1. The molecule has 1 unspecified atom stereocenters. The zero-order valence-corrected chi connectivity index (χ0v) is 11.4.